The molecule has 4 rings (SSSR count). The predicted octanol–water partition coefficient (Wildman–Crippen LogP) is 2.21. The molecule has 3 heterocycles. The quantitative estimate of drug-likeness (QED) is 0.852. The third-order valence-corrected chi connectivity index (χ3v) is 6.87. The van der Waals surface area contributed by atoms with Crippen LogP contribution in [-0.2, 0) is 16.1 Å². The molecule has 146 valence electrons. The van der Waals surface area contributed by atoms with Crippen LogP contribution in [0.15, 0.2) is 28.5 Å². The molecule has 0 atom stereocenters. The SMILES string of the molecule is O=C(Cn1ccc2sccc2c1=O)NCC1(N2CCOCC2)CCCCC1. The van der Waals surface area contributed by atoms with Crippen LogP contribution in [0.1, 0.15) is 32.1 Å². The van der Waals surface area contributed by atoms with Crippen molar-refractivity contribution in [2.24, 2.45) is 0 Å². The van der Waals surface area contributed by atoms with E-state index in [2.05, 4.69) is 10.2 Å². The van der Waals surface area contributed by atoms with Gasteiger partial charge in [0.05, 0.1) is 18.6 Å². The summed E-state index contributed by atoms with van der Waals surface area (Å²) in [6.45, 7) is 4.14. The first-order valence-electron chi connectivity index (χ1n) is 9.84. The standard InChI is InChI=1S/C20H27N3O3S/c24-18(14-22-8-4-17-16(19(22)25)5-13-27-17)21-15-20(6-2-1-3-7-20)23-9-11-26-12-10-23/h4-5,8,13H,1-3,6-7,9-12,14-15H2,(H,21,24). The summed E-state index contributed by atoms with van der Waals surface area (Å²) in [6, 6.07) is 3.73. The third kappa shape index (κ3) is 3.95. The zero-order valence-corrected chi connectivity index (χ0v) is 16.4. The maximum atomic E-state index is 12.6. The minimum absolute atomic E-state index is 0.0416. The fourth-order valence-electron chi connectivity index (χ4n) is 4.46. The first kappa shape index (κ1) is 18.7. The maximum absolute atomic E-state index is 12.6. The molecule has 2 aliphatic rings. The van der Waals surface area contributed by atoms with E-state index in [0.717, 1.165) is 43.8 Å². The first-order valence-corrected chi connectivity index (χ1v) is 10.7. The summed E-state index contributed by atoms with van der Waals surface area (Å²) in [7, 11) is 0. The van der Waals surface area contributed by atoms with E-state index in [1.54, 1.807) is 17.5 Å². The number of carbonyl (C=O) groups is 1. The summed E-state index contributed by atoms with van der Waals surface area (Å²) in [6.07, 6.45) is 7.65. The lowest BCUT2D eigenvalue weighted by atomic mass is 9.79. The van der Waals surface area contributed by atoms with E-state index in [-0.39, 0.29) is 23.6 Å². The van der Waals surface area contributed by atoms with Gasteiger partial charge in [0, 0.05) is 36.1 Å². The maximum Gasteiger partial charge on any atom is 0.259 e. The molecule has 0 aromatic carbocycles. The predicted molar refractivity (Wildman–Crippen MR) is 107 cm³/mol. The van der Waals surface area contributed by atoms with Crippen molar-refractivity contribution in [2.75, 3.05) is 32.8 Å². The summed E-state index contributed by atoms with van der Waals surface area (Å²) >= 11 is 1.54. The van der Waals surface area contributed by atoms with Crippen molar-refractivity contribution in [3.8, 4) is 0 Å². The average Bonchev–Trinajstić information content (AvgIpc) is 3.20. The number of thiophene rings is 1. The Morgan fingerprint density at radius 1 is 1.19 bits per heavy atom. The highest BCUT2D eigenvalue weighted by Crippen LogP contribution is 2.33. The number of nitrogens with one attached hydrogen (secondary N) is 1. The molecule has 0 bridgehead atoms. The van der Waals surface area contributed by atoms with Gasteiger partial charge in [0.1, 0.15) is 6.54 Å². The zero-order valence-electron chi connectivity index (χ0n) is 15.6. The number of amides is 1. The molecule has 0 radical (unpaired) electrons. The Labute approximate surface area is 163 Å². The number of morpholine rings is 1. The molecule has 2 fully saturated rings. The molecule has 2 aromatic heterocycles. The highest BCUT2D eigenvalue weighted by molar-refractivity contribution is 7.17. The topological polar surface area (TPSA) is 63.6 Å². The molecular weight excluding hydrogens is 362 g/mol. The van der Waals surface area contributed by atoms with Crippen molar-refractivity contribution in [3.05, 3.63) is 34.1 Å². The highest BCUT2D eigenvalue weighted by Gasteiger charge is 2.38. The van der Waals surface area contributed by atoms with E-state index in [1.165, 1.54) is 23.8 Å². The van der Waals surface area contributed by atoms with E-state index in [0.29, 0.717) is 11.9 Å². The van der Waals surface area contributed by atoms with E-state index in [4.69, 9.17) is 4.74 Å². The number of pyridine rings is 1. The molecule has 1 amide bonds. The smallest absolute Gasteiger partial charge is 0.259 e. The van der Waals surface area contributed by atoms with Gasteiger partial charge in [0.2, 0.25) is 5.91 Å². The fraction of sp³-hybridized carbons (Fsp3) is 0.600. The molecular formula is C20H27N3O3S. The lowest BCUT2D eigenvalue weighted by Crippen LogP contribution is -2.59. The van der Waals surface area contributed by atoms with Crippen molar-refractivity contribution in [1.82, 2.24) is 14.8 Å². The lowest BCUT2D eigenvalue weighted by Gasteiger charge is -2.48. The zero-order chi connectivity index (χ0) is 18.7. The molecule has 1 saturated heterocycles. The van der Waals surface area contributed by atoms with Gasteiger partial charge in [-0.15, -0.1) is 11.3 Å². The monoisotopic (exact) mass is 389 g/mol. The summed E-state index contributed by atoms with van der Waals surface area (Å²) in [5.74, 6) is -0.0927. The molecule has 0 unspecified atom stereocenters. The van der Waals surface area contributed by atoms with E-state index >= 15 is 0 Å². The van der Waals surface area contributed by atoms with Crippen molar-refractivity contribution in [2.45, 2.75) is 44.2 Å². The molecule has 1 aliphatic heterocycles. The third-order valence-electron chi connectivity index (χ3n) is 5.99. The Kier molecular flexibility index (Phi) is 5.61. The van der Waals surface area contributed by atoms with E-state index < -0.39 is 0 Å². The van der Waals surface area contributed by atoms with Crippen molar-refractivity contribution in [3.63, 3.8) is 0 Å². The van der Waals surface area contributed by atoms with Crippen LogP contribution in [0, 0.1) is 0 Å². The van der Waals surface area contributed by atoms with Gasteiger partial charge in [-0.05, 0) is 30.4 Å². The van der Waals surface area contributed by atoms with Crippen LogP contribution in [0.3, 0.4) is 0 Å². The minimum atomic E-state index is -0.0931. The van der Waals surface area contributed by atoms with Crippen LogP contribution in [-0.4, -0.2) is 53.8 Å². The lowest BCUT2D eigenvalue weighted by molar-refractivity contribution is -0.123. The van der Waals surface area contributed by atoms with Gasteiger partial charge in [-0.2, -0.15) is 0 Å². The number of rotatable bonds is 5. The van der Waals surface area contributed by atoms with Gasteiger partial charge in [0.25, 0.3) is 5.56 Å². The second-order valence-electron chi connectivity index (χ2n) is 7.61. The Balaban J connectivity index is 1.43. The van der Waals surface area contributed by atoms with Gasteiger partial charge in [-0.25, -0.2) is 0 Å². The number of hydrogen-bond donors (Lipinski definition) is 1. The Hall–Kier alpha value is -1.70. The first-order chi connectivity index (χ1) is 13.2. The normalized spacial score (nSPS) is 20.6. The molecule has 1 aliphatic carbocycles. The van der Waals surface area contributed by atoms with Crippen LogP contribution in [0.25, 0.3) is 10.1 Å². The Bertz CT molecular complexity index is 848. The van der Waals surface area contributed by atoms with Crippen LogP contribution in [0.4, 0.5) is 0 Å². The van der Waals surface area contributed by atoms with Crippen LogP contribution in [0.5, 0.6) is 0 Å². The Morgan fingerprint density at radius 3 is 2.74 bits per heavy atom. The van der Waals surface area contributed by atoms with Gasteiger partial charge < -0.3 is 14.6 Å². The molecule has 1 N–H and O–H groups in total. The van der Waals surface area contributed by atoms with Gasteiger partial charge >= 0.3 is 0 Å². The molecule has 2 aromatic rings. The number of hydrogen-bond acceptors (Lipinski definition) is 5. The second kappa shape index (κ2) is 8.12. The molecule has 1 saturated carbocycles. The van der Waals surface area contributed by atoms with Gasteiger partial charge in [0.15, 0.2) is 0 Å². The molecule has 0 spiro atoms. The van der Waals surface area contributed by atoms with E-state index in [1.807, 2.05) is 17.5 Å². The second-order valence-corrected chi connectivity index (χ2v) is 8.56. The molecule has 6 nitrogen and oxygen atoms in total. The highest BCUT2D eigenvalue weighted by atomic mass is 32.1. The average molecular weight is 390 g/mol. The van der Waals surface area contributed by atoms with E-state index in [9.17, 15) is 9.59 Å². The number of ether oxygens (including phenoxy) is 1. The van der Waals surface area contributed by atoms with Gasteiger partial charge in [-0.3, -0.25) is 14.5 Å². The summed E-state index contributed by atoms with van der Waals surface area (Å²) in [4.78, 5) is 27.6. The fourth-order valence-corrected chi connectivity index (χ4v) is 5.23. The summed E-state index contributed by atoms with van der Waals surface area (Å²) in [5, 5.41) is 5.73. The number of fused-ring (bicyclic) bond motifs is 1. The number of aromatic nitrogens is 1. The number of nitrogens with zero attached hydrogens (tertiary/aromatic N) is 2. The molecule has 27 heavy (non-hydrogen) atoms. The number of carbonyl (C=O) groups excluding carboxylic acids is 1. The van der Waals surface area contributed by atoms with Crippen LogP contribution < -0.4 is 10.9 Å². The summed E-state index contributed by atoms with van der Waals surface area (Å²) < 4.78 is 7.99. The van der Waals surface area contributed by atoms with Crippen LogP contribution >= 0.6 is 11.3 Å². The van der Waals surface area contributed by atoms with Gasteiger partial charge in [-0.1, -0.05) is 19.3 Å². The summed E-state index contributed by atoms with van der Waals surface area (Å²) in [5.41, 5.74) is -0.0515. The minimum Gasteiger partial charge on any atom is -0.379 e. The van der Waals surface area contributed by atoms with Crippen molar-refractivity contribution >= 4 is 27.3 Å². The molecule has 7 heteroatoms. The Morgan fingerprint density at radius 2 is 1.96 bits per heavy atom. The van der Waals surface area contributed by atoms with Crippen molar-refractivity contribution < 1.29 is 9.53 Å². The van der Waals surface area contributed by atoms with Crippen LogP contribution in [0.2, 0.25) is 0 Å². The largest absolute Gasteiger partial charge is 0.379 e. The van der Waals surface area contributed by atoms with Crippen molar-refractivity contribution in [1.29, 1.82) is 0 Å².